The van der Waals surface area contributed by atoms with Crippen molar-refractivity contribution in [3.63, 3.8) is 0 Å². The number of aliphatic hydroxyl groups is 1. The summed E-state index contributed by atoms with van der Waals surface area (Å²) in [6.45, 7) is 14.0. The molecule has 0 aromatic heterocycles. The van der Waals surface area contributed by atoms with Crippen molar-refractivity contribution in [3.8, 4) is 0 Å². The molecule has 178 valence electrons. The summed E-state index contributed by atoms with van der Waals surface area (Å²) in [6, 6.07) is 0. The first-order valence-corrected chi connectivity index (χ1v) is 13.1. The van der Waals surface area contributed by atoms with E-state index in [4.69, 9.17) is 0 Å². The molecule has 0 saturated heterocycles. The lowest BCUT2D eigenvalue weighted by atomic mass is 10.0. The van der Waals surface area contributed by atoms with Gasteiger partial charge in [-0.1, -0.05) is 65.1 Å². The Bertz CT molecular complexity index is 645. The highest BCUT2D eigenvalue weighted by atomic mass is 31.1. The number of rotatable bonds is 16. The van der Waals surface area contributed by atoms with Crippen LogP contribution in [0.5, 0.6) is 0 Å². The van der Waals surface area contributed by atoms with E-state index in [1.807, 2.05) is 0 Å². The van der Waals surface area contributed by atoms with E-state index >= 15 is 0 Å². The SMILES string of the molecule is CC(C)=CCC/C(C)=C/CC/C(C)=C/CC/C(C)=C/CCC(C)=NCCCC(O)(P)P. The van der Waals surface area contributed by atoms with E-state index in [-0.39, 0.29) is 0 Å². The zero-order valence-electron chi connectivity index (χ0n) is 21.1. The third-order valence-electron chi connectivity index (χ3n) is 5.27. The quantitative estimate of drug-likeness (QED) is 0.105. The first kappa shape index (κ1) is 30.4. The fourth-order valence-corrected chi connectivity index (χ4v) is 3.63. The highest BCUT2D eigenvalue weighted by Crippen LogP contribution is 2.28. The Morgan fingerprint density at radius 1 is 0.710 bits per heavy atom. The maximum absolute atomic E-state index is 9.66. The van der Waals surface area contributed by atoms with Gasteiger partial charge in [-0.25, -0.2) is 0 Å². The van der Waals surface area contributed by atoms with E-state index < -0.39 is 5.08 Å². The molecule has 0 aliphatic heterocycles. The number of nitrogens with zero attached hydrogens (tertiary/aromatic N) is 1. The van der Waals surface area contributed by atoms with Gasteiger partial charge in [0.2, 0.25) is 0 Å². The van der Waals surface area contributed by atoms with Crippen LogP contribution < -0.4 is 0 Å². The van der Waals surface area contributed by atoms with Crippen molar-refractivity contribution in [3.05, 3.63) is 46.6 Å². The topological polar surface area (TPSA) is 32.6 Å². The molecular weight excluding hydrogens is 416 g/mol. The van der Waals surface area contributed by atoms with Crippen LogP contribution in [0.3, 0.4) is 0 Å². The van der Waals surface area contributed by atoms with Gasteiger partial charge in [0.15, 0.2) is 0 Å². The maximum Gasteiger partial charge on any atom is 0.0906 e. The molecule has 0 fully saturated rings. The van der Waals surface area contributed by atoms with Crippen molar-refractivity contribution >= 4 is 24.2 Å². The molecule has 0 bridgehead atoms. The van der Waals surface area contributed by atoms with Gasteiger partial charge in [-0.2, -0.15) is 0 Å². The third-order valence-corrected chi connectivity index (χ3v) is 5.85. The summed E-state index contributed by atoms with van der Waals surface area (Å²) in [5.74, 6) is 0. The molecule has 0 aromatic carbocycles. The van der Waals surface area contributed by atoms with Crippen LogP contribution in [0.4, 0.5) is 0 Å². The van der Waals surface area contributed by atoms with E-state index in [1.54, 1.807) is 0 Å². The molecule has 0 aliphatic carbocycles. The zero-order chi connectivity index (χ0) is 23.7. The molecule has 2 unspecified atom stereocenters. The van der Waals surface area contributed by atoms with Gasteiger partial charge in [-0.3, -0.25) is 4.99 Å². The van der Waals surface area contributed by atoms with Crippen LogP contribution >= 0.6 is 18.5 Å². The Morgan fingerprint density at radius 2 is 1.13 bits per heavy atom. The number of hydrogen-bond acceptors (Lipinski definition) is 2. The molecule has 31 heavy (non-hydrogen) atoms. The summed E-state index contributed by atoms with van der Waals surface area (Å²) in [6.07, 6.45) is 20.2. The summed E-state index contributed by atoms with van der Waals surface area (Å²) < 4.78 is 0. The molecule has 4 heteroatoms. The van der Waals surface area contributed by atoms with Crippen molar-refractivity contribution in [2.75, 3.05) is 6.54 Å². The van der Waals surface area contributed by atoms with Gasteiger partial charge >= 0.3 is 0 Å². The van der Waals surface area contributed by atoms with Gasteiger partial charge < -0.3 is 5.11 Å². The molecule has 0 rings (SSSR count). The summed E-state index contributed by atoms with van der Waals surface area (Å²) in [5, 5.41) is 8.92. The lowest BCUT2D eigenvalue weighted by molar-refractivity contribution is 0.215. The van der Waals surface area contributed by atoms with E-state index in [0.29, 0.717) is 0 Å². The van der Waals surface area contributed by atoms with Gasteiger partial charge in [0.1, 0.15) is 0 Å². The smallest absolute Gasteiger partial charge is 0.0906 e. The van der Waals surface area contributed by atoms with Crippen molar-refractivity contribution in [2.45, 2.75) is 111 Å². The zero-order valence-corrected chi connectivity index (χ0v) is 23.4. The van der Waals surface area contributed by atoms with Crippen LogP contribution in [0.1, 0.15) is 106 Å². The largest absolute Gasteiger partial charge is 0.382 e. The minimum atomic E-state index is -0.739. The summed E-state index contributed by atoms with van der Waals surface area (Å²) in [5.41, 5.74) is 7.12. The van der Waals surface area contributed by atoms with Crippen LogP contribution in [0.2, 0.25) is 0 Å². The summed E-state index contributed by atoms with van der Waals surface area (Å²) >= 11 is 0. The molecule has 2 nitrogen and oxygen atoms in total. The second kappa shape index (κ2) is 17.9. The Kier molecular flexibility index (Phi) is 17.6. The van der Waals surface area contributed by atoms with Gasteiger partial charge in [-0.15, -0.1) is 0 Å². The normalized spacial score (nSPS) is 14.2. The average Bonchev–Trinajstić information content (AvgIpc) is 2.64. The van der Waals surface area contributed by atoms with Crippen LogP contribution in [0, 0.1) is 0 Å². The fourth-order valence-electron chi connectivity index (χ4n) is 3.23. The van der Waals surface area contributed by atoms with Crippen molar-refractivity contribution in [2.24, 2.45) is 4.99 Å². The van der Waals surface area contributed by atoms with Crippen LogP contribution in [-0.4, -0.2) is 22.4 Å². The predicted molar refractivity (Wildman–Crippen MR) is 149 cm³/mol. The number of allylic oxidation sites excluding steroid dienone is 8. The second-order valence-electron chi connectivity index (χ2n) is 9.30. The standard InChI is InChI=1S/C27H49NOP2/c1-22(2)12-7-13-23(3)14-8-15-24(4)16-9-17-25(5)18-10-19-26(6)28-21-11-20-27(29,30)31/h12,14,16,18,29H,7-11,13,15,17,19-21,30-31H2,1-6H3/b23-14+,24-16+,25-18+,28-26?. The number of hydrogen-bond donors (Lipinski definition) is 1. The first-order chi connectivity index (χ1) is 14.5. The monoisotopic (exact) mass is 465 g/mol. The van der Waals surface area contributed by atoms with E-state index in [2.05, 4.69) is 89.3 Å². The first-order valence-electron chi connectivity index (χ1n) is 11.9. The minimum Gasteiger partial charge on any atom is -0.382 e. The highest BCUT2D eigenvalue weighted by molar-refractivity contribution is 7.39. The maximum atomic E-state index is 9.66. The molecule has 2 atom stereocenters. The van der Waals surface area contributed by atoms with Crippen molar-refractivity contribution in [1.29, 1.82) is 0 Å². The molecule has 0 spiro atoms. The van der Waals surface area contributed by atoms with Crippen molar-refractivity contribution < 1.29 is 5.11 Å². The van der Waals surface area contributed by atoms with E-state index in [1.165, 1.54) is 40.8 Å². The van der Waals surface area contributed by atoms with E-state index in [0.717, 1.165) is 57.9 Å². The van der Waals surface area contributed by atoms with Gasteiger partial charge in [0, 0.05) is 12.3 Å². The van der Waals surface area contributed by atoms with Gasteiger partial charge in [0.05, 0.1) is 5.08 Å². The molecule has 0 aromatic rings. The molecule has 0 radical (unpaired) electrons. The summed E-state index contributed by atoms with van der Waals surface area (Å²) in [4.78, 5) is 4.62. The Hall–Kier alpha value is -0.550. The Labute approximate surface area is 198 Å². The van der Waals surface area contributed by atoms with Crippen molar-refractivity contribution in [1.82, 2.24) is 0 Å². The second-order valence-corrected chi connectivity index (χ2v) is 12.0. The van der Waals surface area contributed by atoms with Gasteiger partial charge in [0.25, 0.3) is 0 Å². The highest BCUT2D eigenvalue weighted by Gasteiger charge is 2.11. The van der Waals surface area contributed by atoms with E-state index in [9.17, 15) is 5.11 Å². The molecule has 0 aliphatic rings. The predicted octanol–water partition coefficient (Wildman–Crippen LogP) is 8.55. The van der Waals surface area contributed by atoms with Crippen LogP contribution in [0.15, 0.2) is 51.6 Å². The van der Waals surface area contributed by atoms with Gasteiger partial charge in [-0.05, 0) is 106 Å². The third kappa shape index (κ3) is 22.4. The average molecular weight is 466 g/mol. The lowest BCUT2D eigenvalue weighted by Crippen LogP contribution is -2.09. The molecule has 0 amide bonds. The summed E-state index contributed by atoms with van der Waals surface area (Å²) in [7, 11) is 4.89. The number of aliphatic imine (C=N–C) groups is 1. The molecule has 0 saturated carbocycles. The fraction of sp³-hybridized carbons (Fsp3) is 0.667. The molecule has 0 heterocycles. The van der Waals surface area contributed by atoms with Crippen LogP contribution in [-0.2, 0) is 0 Å². The lowest BCUT2D eigenvalue weighted by Gasteiger charge is -2.15. The molecular formula is C27H49NOP2. The minimum absolute atomic E-state index is 0.733. The molecule has 1 N–H and O–H groups in total. The Balaban J connectivity index is 4.06. The van der Waals surface area contributed by atoms with Crippen LogP contribution in [0.25, 0.3) is 0 Å². The Morgan fingerprint density at radius 3 is 1.55 bits per heavy atom.